The van der Waals surface area contributed by atoms with Crippen LogP contribution < -0.4 is 10.5 Å². The molecular weight excluding hydrogens is 341 g/mol. The van der Waals surface area contributed by atoms with Crippen molar-refractivity contribution < 1.29 is 14.3 Å². The summed E-state index contributed by atoms with van der Waals surface area (Å²) in [6.45, 7) is 3.58. The number of ether oxygens (including phenoxy) is 1. The summed E-state index contributed by atoms with van der Waals surface area (Å²) >= 11 is 3.27. The van der Waals surface area contributed by atoms with Crippen molar-refractivity contribution in [2.24, 2.45) is 10.9 Å². The largest absolute Gasteiger partial charge is 0.437 e. The Morgan fingerprint density at radius 1 is 1.38 bits per heavy atom. The maximum Gasteiger partial charge on any atom is 0.230 e. The third-order valence-corrected chi connectivity index (χ3v) is 3.43. The normalized spacial score (nSPS) is 11.5. The van der Waals surface area contributed by atoms with Crippen LogP contribution in [-0.4, -0.2) is 16.0 Å². The second kappa shape index (κ2) is 6.09. The molecule has 0 aliphatic heterocycles. The quantitative estimate of drug-likeness (QED) is 0.383. The van der Waals surface area contributed by atoms with Crippen molar-refractivity contribution in [3.63, 3.8) is 0 Å². The van der Waals surface area contributed by atoms with Crippen LogP contribution in [0.4, 0.5) is 4.39 Å². The van der Waals surface area contributed by atoms with Gasteiger partial charge < -0.3 is 15.7 Å². The van der Waals surface area contributed by atoms with Crippen LogP contribution in [0.25, 0.3) is 0 Å². The first-order chi connectivity index (χ1) is 9.92. The Labute approximate surface area is 129 Å². The smallest absolute Gasteiger partial charge is 0.230 e. The highest BCUT2D eigenvalue weighted by Crippen LogP contribution is 2.32. The van der Waals surface area contributed by atoms with E-state index in [-0.39, 0.29) is 17.5 Å². The van der Waals surface area contributed by atoms with E-state index >= 15 is 0 Å². The van der Waals surface area contributed by atoms with E-state index in [1.165, 1.54) is 18.2 Å². The number of oxime groups is 1. The lowest BCUT2D eigenvalue weighted by molar-refractivity contribution is 0.318. The minimum Gasteiger partial charge on any atom is -0.437 e. The summed E-state index contributed by atoms with van der Waals surface area (Å²) in [6, 6.07) is 5.83. The number of aryl methyl sites for hydroxylation is 2. The van der Waals surface area contributed by atoms with Gasteiger partial charge in [-0.25, -0.2) is 9.37 Å². The molecule has 0 unspecified atom stereocenters. The topological polar surface area (TPSA) is 80.7 Å². The predicted molar refractivity (Wildman–Crippen MR) is 80.4 cm³/mol. The third kappa shape index (κ3) is 3.30. The Bertz CT molecular complexity index is 720. The lowest BCUT2D eigenvalue weighted by Gasteiger charge is -2.13. The second-order valence-electron chi connectivity index (χ2n) is 4.42. The molecule has 0 amide bonds. The fraction of sp³-hybridized carbons (Fsp3) is 0.143. The molecule has 0 bridgehead atoms. The Morgan fingerprint density at radius 3 is 2.76 bits per heavy atom. The standard InChI is InChI=1S/C14H13BrFN3O2/c1-7-5-8(2)18-14(12(7)13(17)19-20)21-11-6-9(16)3-4-10(11)15/h3-6,20H,1-2H3,(H2,17,19). The van der Waals surface area contributed by atoms with Gasteiger partial charge in [-0.2, -0.15) is 0 Å². The lowest BCUT2D eigenvalue weighted by atomic mass is 10.1. The monoisotopic (exact) mass is 353 g/mol. The van der Waals surface area contributed by atoms with Gasteiger partial charge in [0, 0.05) is 11.8 Å². The molecule has 0 spiro atoms. The summed E-state index contributed by atoms with van der Waals surface area (Å²) in [5, 5.41) is 11.9. The van der Waals surface area contributed by atoms with Crippen LogP contribution >= 0.6 is 15.9 Å². The molecule has 7 heteroatoms. The molecule has 3 N–H and O–H groups in total. The average molecular weight is 354 g/mol. The maximum absolute atomic E-state index is 13.3. The maximum atomic E-state index is 13.3. The number of rotatable bonds is 3. The fourth-order valence-electron chi connectivity index (χ4n) is 1.90. The van der Waals surface area contributed by atoms with Crippen LogP contribution in [0.1, 0.15) is 16.8 Å². The van der Waals surface area contributed by atoms with E-state index in [1.54, 1.807) is 19.9 Å². The SMILES string of the molecule is Cc1cc(C)c(/C(N)=N/O)c(Oc2cc(F)ccc2Br)n1. The van der Waals surface area contributed by atoms with E-state index in [2.05, 4.69) is 26.1 Å². The zero-order chi connectivity index (χ0) is 15.6. The highest BCUT2D eigenvalue weighted by atomic mass is 79.9. The molecule has 0 atom stereocenters. The molecule has 1 aromatic carbocycles. The van der Waals surface area contributed by atoms with E-state index < -0.39 is 5.82 Å². The molecule has 2 rings (SSSR count). The van der Waals surface area contributed by atoms with Crippen molar-refractivity contribution >= 4 is 21.8 Å². The first-order valence-electron chi connectivity index (χ1n) is 6.01. The predicted octanol–water partition coefficient (Wildman–Crippen LogP) is 3.49. The molecule has 0 fully saturated rings. The van der Waals surface area contributed by atoms with Crippen molar-refractivity contribution in [2.45, 2.75) is 13.8 Å². The van der Waals surface area contributed by atoms with E-state index in [9.17, 15) is 4.39 Å². The van der Waals surface area contributed by atoms with E-state index in [1.807, 2.05) is 0 Å². The molecule has 5 nitrogen and oxygen atoms in total. The lowest BCUT2D eigenvalue weighted by Crippen LogP contribution is -2.17. The van der Waals surface area contributed by atoms with Gasteiger partial charge in [0.05, 0.1) is 10.0 Å². The second-order valence-corrected chi connectivity index (χ2v) is 5.28. The van der Waals surface area contributed by atoms with E-state index in [0.29, 0.717) is 15.7 Å². The zero-order valence-electron chi connectivity index (χ0n) is 11.4. The van der Waals surface area contributed by atoms with Crippen LogP contribution in [0.5, 0.6) is 11.6 Å². The minimum absolute atomic E-state index is 0.123. The Balaban J connectivity index is 2.55. The molecule has 0 aliphatic rings. The van der Waals surface area contributed by atoms with Gasteiger partial charge in [0.2, 0.25) is 5.88 Å². The zero-order valence-corrected chi connectivity index (χ0v) is 13.0. The molecule has 1 aromatic heterocycles. The number of amidine groups is 1. The number of nitrogens with two attached hydrogens (primary N) is 1. The van der Waals surface area contributed by atoms with Crippen molar-refractivity contribution in [3.8, 4) is 11.6 Å². The first-order valence-corrected chi connectivity index (χ1v) is 6.80. The summed E-state index contributed by atoms with van der Waals surface area (Å²) in [7, 11) is 0. The summed E-state index contributed by atoms with van der Waals surface area (Å²) < 4.78 is 19.5. The minimum atomic E-state index is -0.442. The summed E-state index contributed by atoms with van der Waals surface area (Å²) in [5.41, 5.74) is 7.46. The third-order valence-electron chi connectivity index (χ3n) is 2.78. The van der Waals surface area contributed by atoms with Crippen molar-refractivity contribution in [2.75, 3.05) is 0 Å². The van der Waals surface area contributed by atoms with Gasteiger partial charge in [0.25, 0.3) is 0 Å². The van der Waals surface area contributed by atoms with E-state index in [4.69, 9.17) is 15.7 Å². The van der Waals surface area contributed by atoms with Gasteiger partial charge in [0.1, 0.15) is 11.6 Å². The number of hydrogen-bond donors (Lipinski definition) is 2. The van der Waals surface area contributed by atoms with Crippen molar-refractivity contribution in [3.05, 3.63) is 51.4 Å². The molecular formula is C14H13BrFN3O2. The van der Waals surface area contributed by atoms with Crippen LogP contribution in [-0.2, 0) is 0 Å². The van der Waals surface area contributed by atoms with Gasteiger partial charge in [-0.15, -0.1) is 0 Å². The van der Waals surface area contributed by atoms with Crippen LogP contribution in [0.2, 0.25) is 0 Å². The van der Waals surface area contributed by atoms with Gasteiger partial charge in [-0.1, -0.05) is 5.16 Å². The molecule has 2 aromatic rings. The van der Waals surface area contributed by atoms with E-state index in [0.717, 1.165) is 5.56 Å². The van der Waals surface area contributed by atoms with Crippen LogP contribution in [0, 0.1) is 19.7 Å². The van der Waals surface area contributed by atoms with Gasteiger partial charge in [-0.05, 0) is 53.5 Å². The number of pyridine rings is 1. The molecule has 0 aliphatic carbocycles. The number of aromatic nitrogens is 1. The van der Waals surface area contributed by atoms with Crippen molar-refractivity contribution in [1.29, 1.82) is 0 Å². The van der Waals surface area contributed by atoms with Gasteiger partial charge in [0.15, 0.2) is 5.84 Å². The number of hydrogen-bond acceptors (Lipinski definition) is 4. The molecule has 21 heavy (non-hydrogen) atoms. The average Bonchev–Trinajstić information content (AvgIpc) is 2.41. The van der Waals surface area contributed by atoms with Crippen LogP contribution in [0.3, 0.4) is 0 Å². The van der Waals surface area contributed by atoms with Gasteiger partial charge >= 0.3 is 0 Å². The molecule has 0 saturated heterocycles. The van der Waals surface area contributed by atoms with Crippen LogP contribution in [0.15, 0.2) is 33.9 Å². The highest BCUT2D eigenvalue weighted by molar-refractivity contribution is 9.10. The Kier molecular flexibility index (Phi) is 4.42. The highest BCUT2D eigenvalue weighted by Gasteiger charge is 2.16. The Hall–Kier alpha value is -2.15. The van der Waals surface area contributed by atoms with Gasteiger partial charge in [-0.3, -0.25) is 0 Å². The summed E-state index contributed by atoms with van der Waals surface area (Å²) in [5.74, 6) is -0.168. The molecule has 0 saturated carbocycles. The molecule has 0 radical (unpaired) electrons. The molecule has 110 valence electrons. The Morgan fingerprint density at radius 2 is 2.10 bits per heavy atom. The number of nitrogens with zero attached hydrogens (tertiary/aromatic N) is 2. The fourth-order valence-corrected chi connectivity index (χ4v) is 2.23. The number of halogens is 2. The first kappa shape index (κ1) is 15.2. The summed E-state index contributed by atoms with van der Waals surface area (Å²) in [4.78, 5) is 4.23. The summed E-state index contributed by atoms with van der Waals surface area (Å²) in [6.07, 6.45) is 0. The number of benzene rings is 1. The van der Waals surface area contributed by atoms with Crippen molar-refractivity contribution in [1.82, 2.24) is 4.98 Å². The molecule has 1 heterocycles.